The van der Waals surface area contributed by atoms with Gasteiger partial charge in [0.2, 0.25) is 5.91 Å². The summed E-state index contributed by atoms with van der Waals surface area (Å²) in [7, 11) is 0. The van der Waals surface area contributed by atoms with E-state index in [1.54, 1.807) is 22.1 Å². The molecule has 1 unspecified atom stereocenters. The summed E-state index contributed by atoms with van der Waals surface area (Å²) >= 11 is 0. The molecule has 38 heavy (non-hydrogen) atoms. The van der Waals surface area contributed by atoms with Crippen LogP contribution in [0.25, 0.3) is 5.69 Å². The lowest BCUT2D eigenvalue weighted by Gasteiger charge is -2.35. The van der Waals surface area contributed by atoms with E-state index in [0.29, 0.717) is 32.2 Å². The van der Waals surface area contributed by atoms with E-state index in [2.05, 4.69) is 15.2 Å². The standard InChI is InChI=1S/C27H38N8O3/c28-21-2-1-12-32(14-8-21)13-7-20-3-5-22(6-4-20)35-15-9-23(31-26(35)38)30-25(37)34-18-16-33(17-19-34)24(36)27(29)10-11-27/h3-6,9,15,21H,1-2,7-8,10-14,16-19,28-29H2,(H,30,31,37,38). The Labute approximate surface area is 222 Å². The average molecular weight is 523 g/mol. The Morgan fingerprint density at radius 2 is 1.68 bits per heavy atom. The van der Waals surface area contributed by atoms with Crippen LogP contribution in [0.1, 0.15) is 37.7 Å². The normalized spacial score (nSPS) is 21.6. The zero-order valence-corrected chi connectivity index (χ0v) is 21.8. The van der Waals surface area contributed by atoms with Gasteiger partial charge in [-0.05, 0) is 75.4 Å². The maximum absolute atomic E-state index is 12.7. The number of carbonyl (C=O) groups excluding carboxylic acids is 2. The number of benzene rings is 1. The zero-order valence-electron chi connectivity index (χ0n) is 21.8. The highest BCUT2D eigenvalue weighted by molar-refractivity contribution is 5.90. The Morgan fingerprint density at radius 1 is 0.974 bits per heavy atom. The average Bonchev–Trinajstić information content (AvgIpc) is 3.71. The molecule has 0 bridgehead atoms. The topological polar surface area (TPSA) is 143 Å². The van der Waals surface area contributed by atoms with E-state index < -0.39 is 11.2 Å². The maximum Gasteiger partial charge on any atom is 0.354 e. The highest BCUT2D eigenvalue weighted by Gasteiger charge is 2.48. The van der Waals surface area contributed by atoms with E-state index in [1.807, 2.05) is 24.3 Å². The third-order valence-corrected chi connectivity index (χ3v) is 7.90. The summed E-state index contributed by atoms with van der Waals surface area (Å²) in [6, 6.07) is 9.52. The zero-order chi connectivity index (χ0) is 26.7. The molecule has 2 saturated heterocycles. The molecule has 1 atom stereocenters. The number of aromatic nitrogens is 2. The Hall–Kier alpha value is -3.28. The van der Waals surface area contributed by atoms with Gasteiger partial charge in [-0.25, -0.2) is 9.59 Å². The summed E-state index contributed by atoms with van der Waals surface area (Å²) in [5, 5.41) is 2.70. The quantitative estimate of drug-likeness (QED) is 0.508. The van der Waals surface area contributed by atoms with Gasteiger partial charge in [-0.3, -0.25) is 14.7 Å². The summed E-state index contributed by atoms with van der Waals surface area (Å²) in [4.78, 5) is 47.7. The molecular formula is C27H38N8O3. The molecule has 11 nitrogen and oxygen atoms in total. The molecule has 3 aliphatic rings. The third-order valence-electron chi connectivity index (χ3n) is 7.90. The lowest BCUT2D eigenvalue weighted by atomic mass is 10.1. The minimum Gasteiger partial charge on any atom is -0.338 e. The van der Waals surface area contributed by atoms with E-state index in [-0.39, 0.29) is 17.8 Å². The number of carbonyl (C=O) groups is 2. The van der Waals surface area contributed by atoms with Gasteiger partial charge in [-0.15, -0.1) is 0 Å². The summed E-state index contributed by atoms with van der Waals surface area (Å²) in [6.07, 6.45) is 7.32. The molecule has 1 aliphatic carbocycles. The van der Waals surface area contributed by atoms with Crippen LogP contribution in [0.5, 0.6) is 0 Å². The van der Waals surface area contributed by atoms with Crippen molar-refractivity contribution in [1.29, 1.82) is 0 Å². The molecule has 3 amide bonds. The second-order valence-corrected chi connectivity index (χ2v) is 10.8. The van der Waals surface area contributed by atoms with Gasteiger partial charge in [0.05, 0.1) is 11.2 Å². The predicted octanol–water partition coefficient (Wildman–Crippen LogP) is 0.756. The van der Waals surface area contributed by atoms with Gasteiger partial charge in [0.15, 0.2) is 0 Å². The van der Waals surface area contributed by atoms with Gasteiger partial charge in [0, 0.05) is 45.0 Å². The molecular weight excluding hydrogens is 484 g/mol. The number of urea groups is 1. The van der Waals surface area contributed by atoms with Crippen molar-refractivity contribution in [2.24, 2.45) is 11.5 Å². The van der Waals surface area contributed by atoms with Crippen molar-refractivity contribution in [1.82, 2.24) is 24.3 Å². The number of likely N-dealkylation sites (tertiary alicyclic amines) is 1. The molecule has 1 saturated carbocycles. The van der Waals surface area contributed by atoms with Gasteiger partial charge in [0.25, 0.3) is 0 Å². The van der Waals surface area contributed by atoms with E-state index in [1.165, 1.54) is 10.1 Å². The molecule has 1 aromatic heterocycles. The molecule has 3 fully saturated rings. The first-order valence-electron chi connectivity index (χ1n) is 13.6. The van der Waals surface area contributed by atoms with Crippen molar-refractivity contribution in [3.8, 4) is 5.69 Å². The van der Waals surface area contributed by atoms with Crippen molar-refractivity contribution in [2.45, 2.75) is 50.1 Å². The van der Waals surface area contributed by atoms with E-state index in [0.717, 1.165) is 63.8 Å². The highest BCUT2D eigenvalue weighted by Crippen LogP contribution is 2.34. The molecule has 11 heteroatoms. The van der Waals surface area contributed by atoms with Crippen molar-refractivity contribution in [3.63, 3.8) is 0 Å². The summed E-state index contributed by atoms with van der Waals surface area (Å²) < 4.78 is 1.46. The number of rotatable bonds is 6. The number of amides is 3. The fourth-order valence-corrected chi connectivity index (χ4v) is 5.15. The predicted molar refractivity (Wildman–Crippen MR) is 145 cm³/mol. The molecule has 5 N–H and O–H groups in total. The Bertz CT molecular complexity index is 1200. The largest absolute Gasteiger partial charge is 0.354 e. The number of piperazine rings is 1. The molecule has 2 aliphatic heterocycles. The first-order valence-corrected chi connectivity index (χ1v) is 13.6. The number of nitrogens with two attached hydrogens (primary N) is 2. The summed E-state index contributed by atoms with van der Waals surface area (Å²) in [5.41, 5.74) is 12.9. The van der Waals surface area contributed by atoms with Crippen LogP contribution in [0.2, 0.25) is 0 Å². The Kier molecular flexibility index (Phi) is 7.78. The number of hydrogen-bond acceptors (Lipinski definition) is 7. The fraction of sp³-hybridized carbons (Fsp3) is 0.556. The van der Waals surface area contributed by atoms with Crippen LogP contribution < -0.4 is 22.5 Å². The lowest BCUT2D eigenvalue weighted by Crippen LogP contribution is -2.55. The highest BCUT2D eigenvalue weighted by atomic mass is 16.2. The Balaban J connectivity index is 1.12. The van der Waals surface area contributed by atoms with E-state index in [9.17, 15) is 14.4 Å². The first-order chi connectivity index (χ1) is 18.3. The van der Waals surface area contributed by atoms with Crippen LogP contribution in [-0.2, 0) is 11.2 Å². The molecule has 3 heterocycles. The van der Waals surface area contributed by atoms with E-state index in [4.69, 9.17) is 11.5 Å². The summed E-state index contributed by atoms with van der Waals surface area (Å²) in [5.74, 6) is 0.168. The summed E-state index contributed by atoms with van der Waals surface area (Å²) in [6.45, 7) is 4.85. The number of nitrogens with one attached hydrogen (secondary N) is 1. The van der Waals surface area contributed by atoms with E-state index >= 15 is 0 Å². The number of hydrogen-bond donors (Lipinski definition) is 3. The van der Waals surface area contributed by atoms with Crippen molar-refractivity contribution < 1.29 is 9.59 Å². The number of nitrogens with zero attached hydrogens (tertiary/aromatic N) is 5. The van der Waals surface area contributed by atoms with Crippen LogP contribution in [0.3, 0.4) is 0 Å². The molecule has 204 valence electrons. The maximum atomic E-state index is 12.7. The SMILES string of the molecule is NC1CCCN(CCc2ccc(-n3ccc(NC(=O)N4CCN(C(=O)C5(N)CC5)CC4)nc3=O)cc2)CC1. The van der Waals surface area contributed by atoms with Gasteiger partial charge in [-0.1, -0.05) is 12.1 Å². The van der Waals surface area contributed by atoms with Gasteiger partial charge < -0.3 is 26.2 Å². The minimum absolute atomic E-state index is 0.0292. The lowest BCUT2D eigenvalue weighted by molar-refractivity contribution is -0.135. The molecule has 0 radical (unpaired) electrons. The molecule has 5 rings (SSSR count). The van der Waals surface area contributed by atoms with Crippen molar-refractivity contribution in [2.75, 3.05) is 51.1 Å². The molecule has 0 spiro atoms. The monoisotopic (exact) mass is 522 g/mol. The minimum atomic E-state index is -0.694. The van der Waals surface area contributed by atoms with Crippen LogP contribution >= 0.6 is 0 Å². The van der Waals surface area contributed by atoms with Crippen LogP contribution in [0, 0.1) is 0 Å². The molecule has 2 aromatic rings. The van der Waals surface area contributed by atoms with Crippen LogP contribution in [-0.4, -0.2) is 93.6 Å². The number of anilines is 1. The van der Waals surface area contributed by atoms with Crippen molar-refractivity contribution >= 4 is 17.8 Å². The van der Waals surface area contributed by atoms with Gasteiger partial charge >= 0.3 is 11.7 Å². The van der Waals surface area contributed by atoms with Gasteiger partial charge in [0.1, 0.15) is 5.82 Å². The van der Waals surface area contributed by atoms with Gasteiger partial charge in [-0.2, -0.15) is 4.98 Å². The molecule has 1 aromatic carbocycles. The second-order valence-electron chi connectivity index (χ2n) is 10.8. The fourth-order valence-electron chi connectivity index (χ4n) is 5.15. The van der Waals surface area contributed by atoms with Crippen molar-refractivity contribution in [3.05, 3.63) is 52.6 Å². The smallest absolute Gasteiger partial charge is 0.338 e. The van der Waals surface area contributed by atoms with Crippen LogP contribution in [0.4, 0.5) is 10.6 Å². The first kappa shape index (κ1) is 26.3. The third kappa shape index (κ3) is 6.23. The van der Waals surface area contributed by atoms with Crippen LogP contribution in [0.15, 0.2) is 41.3 Å². The second kappa shape index (κ2) is 11.2. The Morgan fingerprint density at radius 3 is 2.37 bits per heavy atom.